The Balaban J connectivity index is 1.48. The molecule has 1 aliphatic rings. The smallest absolute Gasteiger partial charge is 0.338 e. The number of carbonyl (C=O) groups excluding carboxylic acids is 2. The highest BCUT2D eigenvalue weighted by molar-refractivity contribution is 5.92. The molecule has 2 aromatic carbocycles. The standard InChI is InChI=1S/C19H19NO5/c1-12-3-5-15(13(2)7-12)19(22)23-10-18(21)20-9-14-4-6-16-17(8-14)25-11-24-16/h3-8H,9-11H2,1-2H3,(H,20,21). The van der Waals surface area contributed by atoms with Crippen molar-refractivity contribution in [2.24, 2.45) is 0 Å². The number of carbonyl (C=O) groups is 2. The maximum atomic E-state index is 12.1. The fraction of sp³-hybridized carbons (Fsp3) is 0.263. The Labute approximate surface area is 145 Å². The Morgan fingerprint density at radius 3 is 2.68 bits per heavy atom. The van der Waals surface area contributed by atoms with Crippen LogP contribution in [0.4, 0.5) is 0 Å². The Kier molecular flexibility index (Phi) is 4.88. The summed E-state index contributed by atoms with van der Waals surface area (Å²) < 4.78 is 15.6. The molecule has 0 atom stereocenters. The van der Waals surface area contributed by atoms with E-state index in [-0.39, 0.29) is 19.3 Å². The lowest BCUT2D eigenvalue weighted by Crippen LogP contribution is -2.28. The van der Waals surface area contributed by atoms with E-state index in [4.69, 9.17) is 14.2 Å². The van der Waals surface area contributed by atoms with Crippen LogP contribution in [-0.4, -0.2) is 25.3 Å². The number of nitrogens with one attached hydrogen (secondary N) is 1. The summed E-state index contributed by atoms with van der Waals surface area (Å²) in [4.78, 5) is 23.9. The molecule has 1 N–H and O–H groups in total. The summed E-state index contributed by atoms with van der Waals surface area (Å²) in [5.41, 5.74) is 3.23. The summed E-state index contributed by atoms with van der Waals surface area (Å²) in [6.45, 7) is 3.99. The van der Waals surface area contributed by atoms with Gasteiger partial charge in [0, 0.05) is 6.54 Å². The topological polar surface area (TPSA) is 73.9 Å². The molecule has 0 aliphatic carbocycles. The van der Waals surface area contributed by atoms with Gasteiger partial charge in [-0.25, -0.2) is 4.79 Å². The van der Waals surface area contributed by atoms with Crippen molar-refractivity contribution in [3.8, 4) is 11.5 Å². The van der Waals surface area contributed by atoms with Crippen molar-refractivity contribution in [3.63, 3.8) is 0 Å². The predicted molar refractivity (Wildman–Crippen MR) is 90.6 cm³/mol. The van der Waals surface area contributed by atoms with Gasteiger partial charge in [-0.05, 0) is 43.2 Å². The molecule has 1 aliphatic heterocycles. The first-order chi connectivity index (χ1) is 12.0. The van der Waals surface area contributed by atoms with Crippen LogP contribution >= 0.6 is 0 Å². The minimum Gasteiger partial charge on any atom is -0.454 e. The first kappa shape index (κ1) is 16.8. The lowest BCUT2D eigenvalue weighted by atomic mass is 10.1. The number of hydrogen-bond donors (Lipinski definition) is 1. The fourth-order valence-corrected chi connectivity index (χ4v) is 2.55. The van der Waals surface area contributed by atoms with Gasteiger partial charge in [-0.3, -0.25) is 4.79 Å². The van der Waals surface area contributed by atoms with Crippen LogP contribution in [0.2, 0.25) is 0 Å². The molecule has 0 aromatic heterocycles. The van der Waals surface area contributed by atoms with E-state index in [1.165, 1.54) is 0 Å². The Hall–Kier alpha value is -3.02. The van der Waals surface area contributed by atoms with Crippen LogP contribution in [0.15, 0.2) is 36.4 Å². The third kappa shape index (κ3) is 4.09. The van der Waals surface area contributed by atoms with Crippen molar-refractivity contribution < 1.29 is 23.8 Å². The molecule has 130 valence electrons. The van der Waals surface area contributed by atoms with Crippen molar-refractivity contribution in [1.82, 2.24) is 5.32 Å². The highest BCUT2D eigenvalue weighted by Gasteiger charge is 2.15. The molecule has 0 radical (unpaired) electrons. The molecule has 3 rings (SSSR count). The van der Waals surface area contributed by atoms with Crippen molar-refractivity contribution in [2.45, 2.75) is 20.4 Å². The zero-order valence-corrected chi connectivity index (χ0v) is 14.1. The molecule has 2 aromatic rings. The number of fused-ring (bicyclic) bond motifs is 1. The quantitative estimate of drug-likeness (QED) is 0.846. The fourth-order valence-electron chi connectivity index (χ4n) is 2.55. The molecule has 1 amide bonds. The molecule has 0 unspecified atom stereocenters. The van der Waals surface area contributed by atoms with Crippen LogP contribution in [0.25, 0.3) is 0 Å². The molecular weight excluding hydrogens is 322 g/mol. The van der Waals surface area contributed by atoms with Gasteiger partial charge < -0.3 is 19.5 Å². The SMILES string of the molecule is Cc1ccc(C(=O)OCC(=O)NCc2ccc3c(c2)OCO3)c(C)c1. The van der Waals surface area contributed by atoms with E-state index in [2.05, 4.69) is 5.32 Å². The normalized spacial score (nSPS) is 11.9. The third-order valence-electron chi connectivity index (χ3n) is 3.86. The van der Waals surface area contributed by atoms with E-state index < -0.39 is 5.97 Å². The van der Waals surface area contributed by atoms with Gasteiger partial charge in [0.15, 0.2) is 18.1 Å². The van der Waals surface area contributed by atoms with Crippen molar-refractivity contribution >= 4 is 11.9 Å². The van der Waals surface area contributed by atoms with E-state index in [9.17, 15) is 9.59 Å². The number of hydrogen-bond acceptors (Lipinski definition) is 5. The van der Waals surface area contributed by atoms with Crippen molar-refractivity contribution in [2.75, 3.05) is 13.4 Å². The first-order valence-corrected chi connectivity index (χ1v) is 7.92. The molecule has 0 fully saturated rings. The number of esters is 1. The van der Waals surface area contributed by atoms with E-state index >= 15 is 0 Å². The predicted octanol–water partition coefficient (Wildman–Crippen LogP) is 2.51. The molecule has 6 heteroatoms. The molecular formula is C19H19NO5. The van der Waals surface area contributed by atoms with Crippen LogP contribution < -0.4 is 14.8 Å². The summed E-state index contributed by atoms with van der Waals surface area (Å²) in [5.74, 6) is 0.483. The van der Waals surface area contributed by atoms with Gasteiger partial charge in [0.25, 0.3) is 5.91 Å². The number of aryl methyl sites for hydroxylation is 2. The van der Waals surface area contributed by atoms with Crippen molar-refractivity contribution in [3.05, 3.63) is 58.7 Å². The highest BCUT2D eigenvalue weighted by Crippen LogP contribution is 2.32. The van der Waals surface area contributed by atoms with E-state index in [1.807, 2.05) is 38.1 Å². The van der Waals surface area contributed by atoms with Gasteiger partial charge >= 0.3 is 5.97 Å². The monoisotopic (exact) mass is 341 g/mol. The Morgan fingerprint density at radius 2 is 1.88 bits per heavy atom. The average Bonchev–Trinajstić information content (AvgIpc) is 3.05. The summed E-state index contributed by atoms with van der Waals surface area (Å²) in [5, 5.41) is 2.71. The van der Waals surface area contributed by atoms with Gasteiger partial charge in [-0.2, -0.15) is 0 Å². The second kappa shape index (κ2) is 7.25. The molecule has 0 spiro atoms. The summed E-state index contributed by atoms with van der Waals surface area (Å²) >= 11 is 0. The lowest BCUT2D eigenvalue weighted by Gasteiger charge is -2.09. The Morgan fingerprint density at radius 1 is 1.08 bits per heavy atom. The number of rotatable bonds is 5. The largest absolute Gasteiger partial charge is 0.454 e. The first-order valence-electron chi connectivity index (χ1n) is 7.92. The number of benzene rings is 2. The van der Waals surface area contributed by atoms with Crippen LogP contribution in [-0.2, 0) is 16.1 Å². The minimum atomic E-state index is -0.504. The number of ether oxygens (including phenoxy) is 3. The van der Waals surface area contributed by atoms with Gasteiger partial charge in [0.1, 0.15) is 0 Å². The maximum absolute atomic E-state index is 12.1. The molecule has 1 heterocycles. The average molecular weight is 341 g/mol. The third-order valence-corrected chi connectivity index (χ3v) is 3.86. The van der Waals surface area contributed by atoms with Crippen LogP contribution in [0.1, 0.15) is 27.0 Å². The Bertz CT molecular complexity index is 815. The van der Waals surface area contributed by atoms with Gasteiger partial charge in [-0.1, -0.05) is 23.8 Å². The molecule has 0 saturated heterocycles. The maximum Gasteiger partial charge on any atom is 0.338 e. The summed E-state index contributed by atoms with van der Waals surface area (Å²) in [6, 6.07) is 10.9. The van der Waals surface area contributed by atoms with E-state index in [0.29, 0.717) is 23.6 Å². The van der Waals surface area contributed by atoms with E-state index in [0.717, 1.165) is 16.7 Å². The highest BCUT2D eigenvalue weighted by atomic mass is 16.7. The van der Waals surface area contributed by atoms with Gasteiger partial charge in [-0.15, -0.1) is 0 Å². The van der Waals surface area contributed by atoms with Crippen LogP contribution in [0.3, 0.4) is 0 Å². The lowest BCUT2D eigenvalue weighted by molar-refractivity contribution is -0.124. The van der Waals surface area contributed by atoms with Gasteiger partial charge in [0.2, 0.25) is 6.79 Å². The second-order valence-electron chi connectivity index (χ2n) is 5.86. The zero-order valence-electron chi connectivity index (χ0n) is 14.1. The molecule has 0 saturated carbocycles. The van der Waals surface area contributed by atoms with Crippen LogP contribution in [0.5, 0.6) is 11.5 Å². The van der Waals surface area contributed by atoms with Gasteiger partial charge in [0.05, 0.1) is 5.56 Å². The minimum absolute atomic E-state index is 0.208. The number of amides is 1. The molecule has 6 nitrogen and oxygen atoms in total. The summed E-state index contributed by atoms with van der Waals surface area (Å²) in [7, 11) is 0. The zero-order chi connectivity index (χ0) is 17.8. The molecule has 25 heavy (non-hydrogen) atoms. The van der Waals surface area contributed by atoms with Crippen molar-refractivity contribution in [1.29, 1.82) is 0 Å². The second-order valence-corrected chi connectivity index (χ2v) is 5.86. The summed E-state index contributed by atoms with van der Waals surface area (Å²) in [6.07, 6.45) is 0. The molecule has 0 bridgehead atoms. The van der Waals surface area contributed by atoms with Crippen LogP contribution in [0, 0.1) is 13.8 Å². The van der Waals surface area contributed by atoms with E-state index in [1.54, 1.807) is 12.1 Å².